The topological polar surface area (TPSA) is 55.1 Å². The summed E-state index contributed by atoms with van der Waals surface area (Å²) in [7, 11) is 0. The van der Waals surface area contributed by atoms with Crippen LogP contribution in [0.2, 0.25) is 0 Å². The summed E-state index contributed by atoms with van der Waals surface area (Å²) in [6.45, 7) is 1.77. The molecule has 0 aliphatic rings. The number of aliphatic carboxylic acids is 1. The molecule has 0 fully saturated rings. The number of hydrogen-bond acceptors (Lipinski definition) is 2. The Balaban J connectivity index is 2.36. The molecule has 0 atom stereocenters. The molecule has 0 radical (unpaired) electrons. The Labute approximate surface area is 93.1 Å². The highest BCUT2D eigenvalue weighted by Crippen LogP contribution is 2.21. The van der Waals surface area contributed by atoms with Crippen LogP contribution in [0.3, 0.4) is 0 Å². The fraction of sp³-hybridized carbons (Fsp3) is 0.167. The van der Waals surface area contributed by atoms with Crippen LogP contribution in [0.25, 0.3) is 11.1 Å². The molecular weight excluding hydrogens is 204 g/mol. The van der Waals surface area contributed by atoms with Crippen LogP contribution in [0, 0.1) is 6.92 Å². The van der Waals surface area contributed by atoms with E-state index in [-0.39, 0.29) is 6.54 Å². The molecule has 1 N–H and O–H groups in total. The van der Waals surface area contributed by atoms with Gasteiger partial charge in [-0.2, -0.15) is 5.10 Å². The van der Waals surface area contributed by atoms with E-state index in [1.165, 1.54) is 4.68 Å². The molecule has 0 amide bonds. The maximum Gasteiger partial charge on any atom is 0.325 e. The van der Waals surface area contributed by atoms with E-state index in [0.29, 0.717) is 0 Å². The Morgan fingerprint density at radius 1 is 1.38 bits per heavy atom. The van der Waals surface area contributed by atoms with Gasteiger partial charge < -0.3 is 5.11 Å². The average Bonchev–Trinajstić information content (AvgIpc) is 2.60. The number of nitrogens with zero attached hydrogens (tertiary/aromatic N) is 2. The fourth-order valence-corrected chi connectivity index (χ4v) is 1.64. The van der Waals surface area contributed by atoms with Gasteiger partial charge in [0.1, 0.15) is 6.54 Å². The maximum absolute atomic E-state index is 10.6. The number of rotatable bonds is 3. The van der Waals surface area contributed by atoms with E-state index in [1.807, 2.05) is 37.3 Å². The molecule has 82 valence electrons. The highest BCUT2D eigenvalue weighted by atomic mass is 16.4. The van der Waals surface area contributed by atoms with Crippen LogP contribution in [0.1, 0.15) is 5.69 Å². The lowest BCUT2D eigenvalue weighted by molar-refractivity contribution is -0.137. The summed E-state index contributed by atoms with van der Waals surface area (Å²) in [5.41, 5.74) is 2.87. The third-order valence-electron chi connectivity index (χ3n) is 2.33. The van der Waals surface area contributed by atoms with Crippen molar-refractivity contribution >= 4 is 5.97 Å². The van der Waals surface area contributed by atoms with Crippen molar-refractivity contribution < 1.29 is 9.90 Å². The molecule has 0 aliphatic carbocycles. The van der Waals surface area contributed by atoms with Gasteiger partial charge in [-0.05, 0) is 12.5 Å². The molecule has 4 heteroatoms. The van der Waals surface area contributed by atoms with Gasteiger partial charge in [0.05, 0.1) is 5.69 Å². The molecule has 2 rings (SSSR count). The van der Waals surface area contributed by atoms with E-state index in [2.05, 4.69) is 5.10 Å². The second-order valence-corrected chi connectivity index (χ2v) is 3.59. The summed E-state index contributed by atoms with van der Waals surface area (Å²) in [5.74, 6) is -0.887. The molecule has 0 aliphatic heterocycles. The SMILES string of the molecule is Cc1nn(CC(=O)O)cc1-c1ccccc1. The van der Waals surface area contributed by atoms with E-state index < -0.39 is 5.97 Å². The van der Waals surface area contributed by atoms with Gasteiger partial charge in [0.15, 0.2) is 0 Å². The second kappa shape index (κ2) is 4.18. The quantitative estimate of drug-likeness (QED) is 0.853. The number of hydrogen-bond donors (Lipinski definition) is 1. The zero-order chi connectivity index (χ0) is 11.5. The number of carboxylic acids is 1. The molecule has 0 spiro atoms. The van der Waals surface area contributed by atoms with E-state index in [0.717, 1.165) is 16.8 Å². The third kappa shape index (κ3) is 2.11. The number of carboxylic acid groups (broad SMARTS) is 1. The summed E-state index contributed by atoms with van der Waals surface area (Å²) in [6, 6.07) is 9.80. The first-order valence-electron chi connectivity index (χ1n) is 4.98. The molecule has 1 aromatic carbocycles. The van der Waals surface area contributed by atoms with Crippen molar-refractivity contribution in [1.29, 1.82) is 0 Å². The van der Waals surface area contributed by atoms with Gasteiger partial charge in [-0.1, -0.05) is 30.3 Å². The highest BCUT2D eigenvalue weighted by Gasteiger charge is 2.08. The van der Waals surface area contributed by atoms with E-state index >= 15 is 0 Å². The molecule has 4 nitrogen and oxygen atoms in total. The zero-order valence-corrected chi connectivity index (χ0v) is 8.92. The monoisotopic (exact) mass is 216 g/mol. The van der Waals surface area contributed by atoms with Gasteiger partial charge in [-0.25, -0.2) is 0 Å². The molecule has 16 heavy (non-hydrogen) atoms. The Bertz CT molecular complexity index is 503. The Morgan fingerprint density at radius 2 is 2.06 bits per heavy atom. The first kappa shape index (κ1) is 10.4. The zero-order valence-electron chi connectivity index (χ0n) is 8.92. The van der Waals surface area contributed by atoms with Gasteiger partial charge >= 0.3 is 5.97 Å². The predicted octanol–water partition coefficient (Wildman–Crippen LogP) is 1.94. The number of aryl methyl sites for hydroxylation is 1. The van der Waals surface area contributed by atoms with Crippen molar-refractivity contribution in [3.05, 3.63) is 42.2 Å². The third-order valence-corrected chi connectivity index (χ3v) is 2.33. The van der Waals surface area contributed by atoms with Crippen LogP contribution in [-0.4, -0.2) is 20.9 Å². The first-order valence-corrected chi connectivity index (χ1v) is 4.98. The minimum absolute atomic E-state index is 0.103. The van der Waals surface area contributed by atoms with Crippen molar-refractivity contribution in [2.24, 2.45) is 0 Å². The normalized spacial score (nSPS) is 10.3. The minimum atomic E-state index is -0.887. The average molecular weight is 216 g/mol. The molecule has 0 unspecified atom stereocenters. The summed E-state index contributed by atoms with van der Waals surface area (Å²) < 4.78 is 1.44. The summed E-state index contributed by atoms with van der Waals surface area (Å²) in [4.78, 5) is 10.6. The van der Waals surface area contributed by atoms with Crippen LogP contribution in [-0.2, 0) is 11.3 Å². The molecule has 2 aromatic rings. The Morgan fingerprint density at radius 3 is 2.69 bits per heavy atom. The van der Waals surface area contributed by atoms with Crippen LogP contribution >= 0.6 is 0 Å². The Kier molecular flexibility index (Phi) is 2.72. The predicted molar refractivity (Wildman–Crippen MR) is 60.0 cm³/mol. The fourth-order valence-electron chi connectivity index (χ4n) is 1.64. The van der Waals surface area contributed by atoms with Gasteiger partial charge in [-0.3, -0.25) is 9.48 Å². The van der Waals surface area contributed by atoms with Gasteiger partial charge in [-0.15, -0.1) is 0 Å². The standard InChI is InChI=1S/C12H12N2O2/c1-9-11(10-5-3-2-4-6-10)7-14(13-9)8-12(15)16/h2-7H,8H2,1H3,(H,15,16). The largest absolute Gasteiger partial charge is 0.480 e. The van der Waals surface area contributed by atoms with E-state index in [1.54, 1.807) is 6.20 Å². The van der Waals surface area contributed by atoms with Crippen molar-refractivity contribution in [3.63, 3.8) is 0 Å². The lowest BCUT2D eigenvalue weighted by atomic mass is 10.1. The lowest BCUT2D eigenvalue weighted by Gasteiger charge is -1.96. The summed E-state index contributed by atoms with van der Waals surface area (Å²) in [6.07, 6.45) is 1.76. The van der Waals surface area contributed by atoms with Gasteiger partial charge in [0.2, 0.25) is 0 Å². The summed E-state index contributed by atoms with van der Waals surface area (Å²) in [5, 5.41) is 12.8. The van der Waals surface area contributed by atoms with Crippen molar-refractivity contribution in [2.75, 3.05) is 0 Å². The van der Waals surface area contributed by atoms with E-state index in [9.17, 15) is 4.79 Å². The maximum atomic E-state index is 10.6. The Hall–Kier alpha value is -2.10. The molecular formula is C12H12N2O2. The molecule has 1 heterocycles. The highest BCUT2D eigenvalue weighted by molar-refractivity contribution is 5.68. The molecule has 0 saturated heterocycles. The molecule has 0 saturated carbocycles. The van der Waals surface area contributed by atoms with Crippen LogP contribution < -0.4 is 0 Å². The van der Waals surface area contributed by atoms with Crippen molar-refractivity contribution in [1.82, 2.24) is 9.78 Å². The van der Waals surface area contributed by atoms with Crippen molar-refractivity contribution in [2.45, 2.75) is 13.5 Å². The summed E-state index contributed by atoms with van der Waals surface area (Å²) >= 11 is 0. The van der Waals surface area contributed by atoms with Gasteiger partial charge in [0.25, 0.3) is 0 Å². The number of carbonyl (C=O) groups is 1. The minimum Gasteiger partial charge on any atom is -0.480 e. The second-order valence-electron chi connectivity index (χ2n) is 3.59. The lowest BCUT2D eigenvalue weighted by Crippen LogP contribution is -2.08. The molecule has 1 aromatic heterocycles. The smallest absolute Gasteiger partial charge is 0.325 e. The first-order chi connectivity index (χ1) is 7.66. The van der Waals surface area contributed by atoms with Crippen molar-refractivity contribution in [3.8, 4) is 11.1 Å². The van der Waals surface area contributed by atoms with Gasteiger partial charge in [0, 0.05) is 11.8 Å². The van der Waals surface area contributed by atoms with Crippen LogP contribution in [0.4, 0.5) is 0 Å². The number of benzene rings is 1. The van der Waals surface area contributed by atoms with Crippen LogP contribution in [0.15, 0.2) is 36.5 Å². The van der Waals surface area contributed by atoms with E-state index in [4.69, 9.17) is 5.11 Å². The number of aromatic nitrogens is 2. The molecule has 0 bridgehead atoms. The van der Waals surface area contributed by atoms with Crippen LogP contribution in [0.5, 0.6) is 0 Å².